The predicted octanol–water partition coefficient (Wildman–Crippen LogP) is 4.10. The first-order valence-electron chi connectivity index (χ1n) is 6.24. The largest absolute Gasteiger partial charge is 0.0651 e. The first kappa shape index (κ1) is 9.55. The van der Waals surface area contributed by atoms with Crippen molar-refractivity contribution in [1.29, 1.82) is 0 Å². The molecule has 2 rings (SSSR count). The minimum atomic E-state index is 0.990. The van der Waals surface area contributed by atoms with Crippen LogP contribution in [0.3, 0.4) is 0 Å². The Morgan fingerprint density at radius 3 is 2.54 bits per heavy atom. The molecule has 2 fully saturated rings. The molecule has 0 aromatic rings. The van der Waals surface area contributed by atoms with Gasteiger partial charge in [-0.3, -0.25) is 0 Å². The van der Waals surface area contributed by atoms with E-state index in [4.69, 9.17) is 0 Å². The van der Waals surface area contributed by atoms with Gasteiger partial charge >= 0.3 is 0 Å². The first-order valence-corrected chi connectivity index (χ1v) is 6.24. The van der Waals surface area contributed by atoms with Crippen molar-refractivity contribution < 1.29 is 0 Å². The minimum absolute atomic E-state index is 0.990. The standard InChI is InChI=1S/C13H24/c1-4-11-8-12-6-5-7-13(12)10(3)9(11)2/h9-13H,4-8H2,1-3H3. The van der Waals surface area contributed by atoms with Gasteiger partial charge in [0.2, 0.25) is 0 Å². The SMILES string of the molecule is CCC1CC2CCCC2C(C)C1C. The van der Waals surface area contributed by atoms with Gasteiger partial charge in [0.1, 0.15) is 0 Å². The highest BCUT2D eigenvalue weighted by atomic mass is 14.5. The van der Waals surface area contributed by atoms with Gasteiger partial charge in [0.25, 0.3) is 0 Å². The molecule has 5 unspecified atom stereocenters. The van der Waals surface area contributed by atoms with Gasteiger partial charge in [-0.25, -0.2) is 0 Å². The van der Waals surface area contributed by atoms with E-state index in [0.29, 0.717) is 0 Å². The maximum atomic E-state index is 2.51. The Labute approximate surface area is 83.1 Å². The summed E-state index contributed by atoms with van der Waals surface area (Å²) in [6.45, 7) is 7.38. The number of hydrogen-bond acceptors (Lipinski definition) is 0. The summed E-state index contributed by atoms with van der Waals surface area (Å²) in [4.78, 5) is 0. The second-order valence-electron chi connectivity index (χ2n) is 5.48. The fraction of sp³-hybridized carbons (Fsp3) is 1.00. The van der Waals surface area contributed by atoms with Crippen molar-refractivity contribution in [3.63, 3.8) is 0 Å². The molecule has 0 spiro atoms. The van der Waals surface area contributed by atoms with Gasteiger partial charge < -0.3 is 0 Å². The van der Waals surface area contributed by atoms with Crippen LogP contribution in [-0.2, 0) is 0 Å². The summed E-state index contributed by atoms with van der Waals surface area (Å²) >= 11 is 0. The maximum absolute atomic E-state index is 2.51. The van der Waals surface area contributed by atoms with Crippen LogP contribution in [0.2, 0.25) is 0 Å². The van der Waals surface area contributed by atoms with Gasteiger partial charge in [-0.15, -0.1) is 0 Å². The topological polar surface area (TPSA) is 0 Å². The van der Waals surface area contributed by atoms with Crippen LogP contribution in [0.4, 0.5) is 0 Å². The summed E-state index contributed by atoms with van der Waals surface area (Å²) in [5.74, 6) is 5.24. The third-order valence-electron chi connectivity index (χ3n) is 5.10. The molecular weight excluding hydrogens is 156 g/mol. The van der Waals surface area contributed by atoms with Crippen molar-refractivity contribution in [3.05, 3.63) is 0 Å². The fourth-order valence-electron chi connectivity index (χ4n) is 4.01. The van der Waals surface area contributed by atoms with Gasteiger partial charge in [0.15, 0.2) is 0 Å². The van der Waals surface area contributed by atoms with E-state index in [1.54, 1.807) is 6.42 Å². The Morgan fingerprint density at radius 2 is 1.85 bits per heavy atom. The summed E-state index contributed by atoms with van der Waals surface area (Å²) in [6, 6.07) is 0. The lowest BCUT2D eigenvalue weighted by molar-refractivity contribution is 0.0736. The van der Waals surface area contributed by atoms with Crippen LogP contribution in [-0.4, -0.2) is 0 Å². The van der Waals surface area contributed by atoms with E-state index in [2.05, 4.69) is 20.8 Å². The van der Waals surface area contributed by atoms with Crippen LogP contribution in [0.5, 0.6) is 0 Å². The highest BCUT2D eigenvalue weighted by Gasteiger charge is 2.41. The molecule has 0 bridgehead atoms. The summed E-state index contributed by atoms with van der Waals surface area (Å²) < 4.78 is 0. The van der Waals surface area contributed by atoms with Gasteiger partial charge in [-0.05, 0) is 42.4 Å². The molecule has 0 aliphatic heterocycles. The van der Waals surface area contributed by atoms with E-state index < -0.39 is 0 Å². The quantitative estimate of drug-likeness (QED) is 0.570. The number of hydrogen-bond donors (Lipinski definition) is 0. The smallest absolute Gasteiger partial charge is 0.0357 e. The van der Waals surface area contributed by atoms with E-state index in [1.165, 1.54) is 25.7 Å². The maximum Gasteiger partial charge on any atom is -0.0357 e. The highest BCUT2D eigenvalue weighted by Crippen LogP contribution is 2.50. The summed E-state index contributed by atoms with van der Waals surface area (Å²) in [7, 11) is 0. The molecule has 2 saturated carbocycles. The van der Waals surface area contributed by atoms with Crippen LogP contribution >= 0.6 is 0 Å². The second kappa shape index (κ2) is 3.63. The van der Waals surface area contributed by atoms with Gasteiger partial charge in [-0.2, -0.15) is 0 Å². The number of rotatable bonds is 1. The molecular formula is C13H24. The molecule has 2 aliphatic carbocycles. The Morgan fingerprint density at radius 1 is 1.08 bits per heavy atom. The molecule has 0 heteroatoms. The summed E-state index contributed by atoms with van der Waals surface area (Å²) in [6.07, 6.45) is 7.55. The van der Waals surface area contributed by atoms with Crippen LogP contribution in [0, 0.1) is 29.6 Å². The van der Waals surface area contributed by atoms with Gasteiger partial charge in [-0.1, -0.05) is 40.0 Å². The first-order chi connectivity index (χ1) is 6.24. The number of fused-ring (bicyclic) bond motifs is 1. The molecule has 76 valence electrons. The monoisotopic (exact) mass is 180 g/mol. The predicted molar refractivity (Wildman–Crippen MR) is 57.6 cm³/mol. The van der Waals surface area contributed by atoms with E-state index in [0.717, 1.165) is 29.6 Å². The summed E-state index contributed by atoms with van der Waals surface area (Å²) in [5, 5.41) is 0. The molecule has 0 radical (unpaired) electrons. The van der Waals surface area contributed by atoms with E-state index in [-0.39, 0.29) is 0 Å². The van der Waals surface area contributed by atoms with Crippen molar-refractivity contribution in [1.82, 2.24) is 0 Å². The lowest BCUT2D eigenvalue weighted by Gasteiger charge is -2.42. The zero-order valence-corrected chi connectivity index (χ0v) is 9.42. The highest BCUT2D eigenvalue weighted by molar-refractivity contribution is 4.91. The zero-order chi connectivity index (χ0) is 9.42. The molecule has 5 atom stereocenters. The molecule has 0 amide bonds. The third kappa shape index (κ3) is 1.53. The Hall–Kier alpha value is 0. The van der Waals surface area contributed by atoms with E-state index in [1.807, 2.05) is 0 Å². The van der Waals surface area contributed by atoms with Crippen molar-refractivity contribution in [2.24, 2.45) is 29.6 Å². The molecule has 0 saturated heterocycles. The van der Waals surface area contributed by atoms with Crippen LogP contribution in [0.15, 0.2) is 0 Å². The van der Waals surface area contributed by atoms with Crippen molar-refractivity contribution >= 4 is 0 Å². The Bertz CT molecular complexity index is 173. The lowest BCUT2D eigenvalue weighted by atomic mass is 9.63. The van der Waals surface area contributed by atoms with Crippen molar-refractivity contribution in [3.8, 4) is 0 Å². The van der Waals surface area contributed by atoms with Crippen LogP contribution in [0.25, 0.3) is 0 Å². The molecule has 0 aromatic heterocycles. The van der Waals surface area contributed by atoms with E-state index >= 15 is 0 Å². The zero-order valence-electron chi connectivity index (χ0n) is 9.42. The molecule has 0 aromatic carbocycles. The van der Waals surface area contributed by atoms with Crippen molar-refractivity contribution in [2.75, 3.05) is 0 Å². The fourth-order valence-corrected chi connectivity index (χ4v) is 4.01. The molecule has 0 nitrogen and oxygen atoms in total. The van der Waals surface area contributed by atoms with Crippen molar-refractivity contribution in [2.45, 2.75) is 52.9 Å². The summed E-state index contributed by atoms with van der Waals surface area (Å²) in [5.41, 5.74) is 0. The molecule has 0 N–H and O–H groups in total. The van der Waals surface area contributed by atoms with Gasteiger partial charge in [0, 0.05) is 0 Å². The molecule has 13 heavy (non-hydrogen) atoms. The van der Waals surface area contributed by atoms with Crippen LogP contribution in [0.1, 0.15) is 52.9 Å². The van der Waals surface area contributed by atoms with Crippen LogP contribution < -0.4 is 0 Å². The van der Waals surface area contributed by atoms with E-state index in [9.17, 15) is 0 Å². The second-order valence-corrected chi connectivity index (χ2v) is 5.48. The third-order valence-corrected chi connectivity index (χ3v) is 5.10. The lowest BCUT2D eigenvalue weighted by Crippen LogP contribution is -2.34. The average Bonchev–Trinajstić information content (AvgIpc) is 2.59. The average molecular weight is 180 g/mol. The normalized spacial score (nSPS) is 50.5. The molecule has 0 heterocycles. The Balaban J connectivity index is 2.08. The molecule has 2 aliphatic rings. The van der Waals surface area contributed by atoms with Gasteiger partial charge in [0.05, 0.1) is 0 Å². The Kier molecular flexibility index (Phi) is 2.67. The minimum Gasteiger partial charge on any atom is -0.0651 e.